The average molecular weight is 244 g/mol. The Hall–Kier alpha value is -1.53. The highest BCUT2D eigenvalue weighted by Gasteiger charge is 2.37. The molecule has 0 heterocycles. The topological polar surface area (TPSA) is 56.0 Å². The number of nitrogens with one attached hydrogen (secondary N) is 1. The minimum Gasteiger partial charge on any atom is -0.393 e. The van der Waals surface area contributed by atoms with Crippen molar-refractivity contribution in [2.75, 3.05) is 11.9 Å². The summed E-state index contributed by atoms with van der Waals surface area (Å²) in [5, 5.41) is 22.7. The van der Waals surface area contributed by atoms with E-state index < -0.39 is 5.41 Å². The molecule has 2 atom stereocenters. The lowest BCUT2D eigenvalue weighted by Gasteiger charge is -2.34. The first-order chi connectivity index (χ1) is 8.70. The number of aliphatic hydroxyl groups excluding tert-OH is 1. The fraction of sp³-hybridized carbons (Fsp3) is 0.533. The van der Waals surface area contributed by atoms with Crippen LogP contribution >= 0.6 is 0 Å². The van der Waals surface area contributed by atoms with Gasteiger partial charge in [-0.15, -0.1) is 0 Å². The van der Waals surface area contributed by atoms with E-state index in [2.05, 4.69) is 18.3 Å². The zero-order valence-electron chi connectivity index (χ0n) is 10.8. The number of nitriles is 1. The minimum atomic E-state index is -0.511. The summed E-state index contributed by atoms with van der Waals surface area (Å²) in [5.41, 5.74) is 1.57. The van der Waals surface area contributed by atoms with Gasteiger partial charge in [0.2, 0.25) is 0 Å². The Morgan fingerprint density at radius 2 is 2.39 bits per heavy atom. The Kier molecular flexibility index (Phi) is 3.88. The molecule has 0 radical (unpaired) electrons. The van der Waals surface area contributed by atoms with Crippen molar-refractivity contribution in [3.05, 3.63) is 29.8 Å². The molecule has 2 unspecified atom stereocenters. The Morgan fingerprint density at radius 1 is 1.56 bits per heavy atom. The van der Waals surface area contributed by atoms with Crippen LogP contribution in [0.2, 0.25) is 0 Å². The summed E-state index contributed by atoms with van der Waals surface area (Å²) in [6.07, 6.45) is 2.78. The molecule has 18 heavy (non-hydrogen) atoms. The largest absolute Gasteiger partial charge is 0.393 e. The van der Waals surface area contributed by atoms with E-state index >= 15 is 0 Å². The second kappa shape index (κ2) is 5.41. The van der Waals surface area contributed by atoms with Crippen molar-refractivity contribution in [3.8, 4) is 6.07 Å². The van der Waals surface area contributed by atoms with E-state index in [4.69, 9.17) is 0 Å². The van der Waals surface area contributed by atoms with E-state index in [1.807, 2.05) is 24.3 Å². The van der Waals surface area contributed by atoms with Crippen LogP contribution in [0.5, 0.6) is 0 Å². The first kappa shape index (κ1) is 12.9. The van der Waals surface area contributed by atoms with Gasteiger partial charge in [-0.2, -0.15) is 5.26 Å². The van der Waals surface area contributed by atoms with E-state index in [0.717, 1.165) is 37.1 Å². The SMILES string of the molecule is CCNc1cccc(C2(C#N)CCCC(O)C2)c1. The number of nitrogens with zero attached hydrogens (tertiary/aromatic N) is 1. The molecule has 1 aliphatic carbocycles. The Morgan fingerprint density at radius 3 is 3.06 bits per heavy atom. The van der Waals surface area contributed by atoms with Gasteiger partial charge in [0.15, 0.2) is 0 Å². The van der Waals surface area contributed by atoms with Crippen LogP contribution in [0.25, 0.3) is 0 Å². The molecule has 0 aliphatic heterocycles. The molecule has 2 rings (SSSR count). The zero-order valence-corrected chi connectivity index (χ0v) is 10.8. The Labute approximate surface area is 108 Å². The molecule has 3 heteroatoms. The molecule has 0 spiro atoms. The molecule has 2 N–H and O–H groups in total. The van der Waals surface area contributed by atoms with Crippen LogP contribution in [-0.4, -0.2) is 17.8 Å². The van der Waals surface area contributed by atoms with Crippen LogP contribution in [0.1, 0.15) is 38.2 Å². The van der Waals surface area contributed by atoms with Crippen LogP contribution < -0.4 is 5.32 Å². The number of aliphatic hydroxyl groups is 1. The highest BCUT2D eigenvalue weighted by molar-refractivity contribution is 5.49. The van der Waals surface area contributed by atoms with Gasteiger partial charge in [-0.05, 0) is 50.3 Å². The van der Waals surface area contributed by atoms with Gasteiger partial charge in [0.1, 0.15) is 0 Å². The van der Waals surface area contributed by atoms with E-state index in [0.29, 0.717) is 6.42 Å². The number of hydrogen-bond acceptors (Lipinski definition) is 3. The predicted molar refractivity (Wildman–Crippen MR) is 72.4 cm³/mol. The molecule has 1 aromatic rings. The molecule has 0 aromatic heterocycles. The number of benzene rings is 1. The standard InChI is InChI=1S/C15H20N2O/c1-2-17-13-6-3-5-12(9-13)15(11-16)8-4-7-14(18)10-15/h3,5-6,9,14,17-18H,2,4,7-8,10H2,1H3. The third-order valence-electron chi connectivity index (χ3n) is 3.74. The summed E-state index contributed by atoms with van der Waals surface area (Å²) in [6.45, 7) is 2.92. The molecule has 1 aliphatic rings. The van der Waals surface area contributed by atoms with E-state index in [1.54, 1.807) is 0 Å². The molecular formula is C15H20N2O. The van der Waals surface area contributed by atoms with E-state index in [1.165, 1.54) is 0 Å². The van der Waals surface area contributed by atoms with Crippen molar-refractivity contribution in [2.24, 2.45) is 0 Å². The van der Waals surface area contributed by atoms with Crippen LogP contribution in [0, 0.1) is 11.3 Å². The molecule has 0 bridgehead atoms. The molecule has 96 valence electrons. The fourth-order valence-corrected chi connectivity index (χ4v) is 2.81. The smallest absolute Gasteiger partial charge is 0.0847 e. The second-order valence-electron chi connectivity index (χ2n) is 5.06. The van der Waals surface area contributed by atoms with Crippen molar-refractivity contribution >= 4 is 5.69 Å². The fourth-order valence-electron chi connectivity index (χ4n) is 2.81. The number of rotatable bonds is 3. The third kappa shape index (κ3) is 2.49. The van der Waals surface area contributed by atoms with Crippen molar-refractivity contribution in [2.45, 2.75) is 44.1 Å². The van der Waals surface area contributed by atoms with Gasteiger partial charge < -0.3 is 10.4 Å². The molecule has 1 saturated carbocycles. The van der Waals surface area contributed by atoms with Gasteiger partial charge in [0.25, 0.3) is 0 Å². The van der Waals surface area contributed by atoms with Gasteiger partial charge >= 0.3 is 0 Å². The lowest BCUT2D eigenvalue weighted by Crippen LogP contribution is -2.34. The van der Waals surface area contributed by atoms with Gasteiger partial charge in [-0.3, -0.25) is 0 Å². The highest BCUT2D eigenvalue weighted by atomic mass is 16.3. The summed E-state index contributed by atoms with van der Waals surface area (Å²) in [4.78, 5) is 0. The van der Waals surface area contributed by atoms with Gasteiger partial charge in [-0.1, -0.05) is 12.1 Å². The maximum atomic E-state index is 9.84. The molecule has 1 fully saturated rings. The van der Waals surface area contributed by atoms with Crippen molar-refractivity contribution < 1.29 is 5.11 Å². The average Bonchev–Trinajstić information content (AvgIpc) is 2.39. The quantitative estimate of drug-likeness (QED) is 0.859. The van der Waals surface area contributed by atoms with Crippen molar-refractivity contribution in [1.29, 1.82) is 5.26 Å². The molecule has 3 nitrogen and oxygen atoms in total. The van der Waals surface area contributed by atoms with Crippen molar-refractivity contribution in [1.82, 2.24) is 0 Å². The van der Waals surface area contributed by atoms with Crippen LogP contribution in [0.3, 0.4) is 0 Å². The normalized spacial score (nSPS) is 27.5. The number of anilines is 1. The Bertz CT molecular complexity index is 452. The van der Waals surface area contributed by atoms with Gasteiger partial charge in [0.05, 0.1) is 17.6 Å². The number of hydrogen-bond donors (Lipinski definition) is 2. The maximum Gasteiger partial charge on any atom is 0.0847 e. The maximum absolute atomic E-state index is 9.84. The molecule has 0 saturated heterocycles. The monoisotopic (exact) mass is 244 g/mol. The summed E-state index contributed by atoms with van der Waals surface area (Å²) < 4.78 is 0. The predicted octanol–water partition coefficient (Wildman–Crippen LogP) is 2.81. The second-order valence-corrected chi connectivity index (χ2v) is 5.06. The highest BCUT2D eigenvalue weighted by Crippen LogP contribution is 2.39. The summed E-state index contributed by atoms with van der Waals surface area (Å²) in [5.74, 6) is 0. The van der Waals surface area contributed by atoms with Crippen LogP contribution in [-0.2, 0) is 5.41 Å². The zero-order chi connectivity index (χ0) is 13.0. The summed E-state index contributed by atoms with van der Waals surface area (Å²) in [7, 11) is 0. The molecule has 1 aromatic carbocycles. The minimum absolute atomic E-state index is 0.346. The van der Waals surface area contributed by atoms with Gasteiger partial charge in [-0.25, -0.2) is 0 Å². The first-order valence-corrected chi connectivity index (χ1v) is 6.64. The molecular weight excluding hydrogens is 224 g/mol. The lowest BCUT2D eigenvalue weighted by molar-refractivity contribution is 0.102. The van der Waals surface area contributed by atoms with Crippen molar-refractivity contribution in [3.63, 3.8) is 0 Å². The third-order valence-corrected chi connectivity index (χ3v) is 3.74. The van der Waals surface area contributed by atoms with Crippen LogP contribution in [0.15, 0.2) is 24.3 Å². The molecule has 0 amide bonds. The van der Waals surface area contributed by atoms with Gasteiger partial charge in [0, 0.05) is 12.2 Å². The van der Waals surface area contributed by atoms with E-state index in [-0.39, 0.29) is 6.10 Å². The van der Waals surface area contributed by atoms with E-state index in [9.17, 15) is 10.4 Å². The first-order valence-electron chi connectivity index (χ1n) is 6.64. The summed E-state index contributed by atoms with van der Waals surface area (Å²) in [6, 6.07) is 10.5. The summed E-state index contributed by atoms with van der Waals surface area (Å²) >= 11 is 0. The lowest BCUT2D eigenvalue weighted by atomic mass is 9.69. The Balaban J connectivity index is 2.32. The van der Waals surface area contributed by atoms with Crippen LogP contribution in [0.4, 0.5) is 5.69 Å².